The zero-order chi connectivity index (χ0) is 29.4. The molecule has 0 spiro atoms. The van der Waals surface area contributed by atoms with Crippen molar-refractivity contribution in [2.24, 2.45) is 0 Å². The normalized spacial score (nSPS) is 17.2. The van der Waals surface area contributed by atoms with E-state index in [1.165, 1.54) is 13.8 Å². The Balaban J connectivity index is 1.39. The lowest BCUT2D eigenvalue weighted by Crippen LogP contribution is -2.48. The van der Waals surface area contributed by atoms with E-state index in [4.69, 9.17) is 0 Å². The van der Waals surface area contributed by atoms with Gasteiger partial charge in [0.05, 0.1) is 0 Å². The fourth-order valence-corrected chi connectivity index (χ4v) is 6.09. The first-order valence-corrected chi connectivity index (χ1v) is 13.9. The van der Waals surface area contributed by atoms with E-state index in [1.54, 1.807) is 43.9 Å². The second-order valence-electron chi connectivity index (χ2n) is 10.4. The highest BCUT2D eigenvalue weighted by atomic mass is 16.2. The highest BCUT2D eigenvalue weighted by molar-refractivity contribution is 6.04. The minimum atomic E-state index is -0.690. The van der Waals surface area contributed by atoms with Crippen molar-refractivity contribution in [2.45, 2.75) is 26.2 Å². The van der Waals surface area contributed by atoms with Gasteiger partial charge in [0.2, 0.25) is 11.8 Å². The molecule has 0 saturated heterocycles. The van der Waals surface area contributed by atoms with Crippen molar-refractivity contribution < 1.29 is 19.2 Å². The minimum absolute atomic E-state index is 0.144. The van der Waals surface area contributed by atoms with Gasteiger partial charge in [0.15, 0.2) is 0 Å². The summed E-state index contributed by atoms with van der Waals surface area (Å²) in [4.78, 5) is 60.4. The Labute approximate surface area is 244 Å². The molecule has 2 unspecified atom stereocenters. The van der Waals surface area contributed by atoms with Crippen LogP contribution < -0.4 is 9.80 Å². The van der Waals surface area contributed by atoms with Crippen molar-refractivity contribution in [1.82, 2.24) is 9.80 Å². The molecule has 2 aliphatic heterocycles. The average molecular weight is 559 g/mol. The van der Waals surface area contributed by atoms with Crippen LogP contribution in [0.2, 0.25) is 0 Å². The molecule has 0 aliphatic carbocycles. The van der Waals surface area contributed by atoms with Crippen molar-refractivity contribution in [3.63, 3.8) is 0 Å². The maximum absolute atomic E-state index is 13.8. The number of benzene rings is 4. The monoisotopic (exact) mass is 558 g/mol. The molecule has 2 atom stereocenters. The van der Waals surface area contributed by atoms with Crippen LogP contribution in [-0.2, 0) is 9.59 Å². The van der Waals surface area contributed by atoms with Crippen molar-refractivity contribution in [3.05, 3.63) is 131 Å². The second-order valence-corrected chi connectivity index (χ2v) is 10.4. The van der Waals surface area contributed by atoms with Crippen LogP contribution in [0.15, 0.2) is 109 Å². The molecule has 4 aromatic carbocycles. The molecule has 0 fully saturated rings. The molecule has 2 aliphatic rings. The Morgan fingerprint density at radius 3 is 1.24 bits per heavy atom. The van der Waals surface area contributed by atoms with Gasteiger partial charge in [-0.2, -0.15) is 0 Å². The molecule has 4 aromatic rings. The van der Waals surface area contributed by atoms with E-state index in [1.807, 2.05) is 84.9 Å². The Morgan fingerprint density at radius 2 is 0.881 bits per heavy atom. The molecule has 0 bridgehead atoms. The fraction of sp³-hybridized carbons (Fsp3) is 0.176. The third-order valence-electron chi connectivity index (χ3n) is 7.87. The summed E-state index contributed by atoms with van der Waals surface area (Å²) < 4.78 is 0. The van der Waals surface area contributed by atoms with Crippen LogP contribution in [-0.4, -0.2) is 46.5 Å². The molecule has 0 saturated carbocycles. The van der Waals surface area contributed by atoms with E-state index in [0.29, 0.717) is 22.5 Å². The van der Waals surface area contributed by atoms with Gasteiger partial charge in [-0.05, 0) is 36.4 Å². The van der Waals surface area contributed by atoms with Crippen LogP contribution in [0.1, 0.15) is 58.0 Å². The maximum Gasteiger partial charge on any atom is 0.256 e. The van der Waals surface area contributed by atoms with Gasteiger partial charge in [0.1, 0.15) is 12.3 Å². The highest BCUT2D eigenvalue weighted by Gasteiger charge is 2.45. The van der Waals surface area contributed by atoms with Crippen LogP contribution >= 0.6 is 0 Å². The lowest BCUT2D eigenvalue weighted by atomic mass is 10.1. The first-order valence-electron chi connectivity index (χ1n) is 13.9. The standard InChI is InChI=1S/C34H30N4O4/c1-23(39)37(25-13-5-3-6-14-25)31-27-17-9-11-19-29(27)33(41)35(31)21-22-36-32(28-18-10-12-20-30(28)34(36)42)38(24(2)40)26-15-7-4-8-16-26/h3-20,31-32H,21-22H2,1-2H3. The van der Waals surface area contributed by atoms with Gasteiger partial charge in [0.25, 0.3) is 11.8 Å². The maximum atomic E-state index is 13.8. The van der Waals surface area contributed by atoms with Gasteiger partial charge < -0.3 is 9.80 Å². The number of para-hydroxylation sites is 2. The summed E-state index contributed by atoms with van der Waals surface area (Å²) in [5.41, 5.74) is 3.82. The summed E-state index contributed by atoms with van der Waals surface area (Å²) in [6.07, 6.45) is -1.38. The molecule has 210 valence electrons. The Hall–Kier alpha value is -5.24. The van der Waals surface area contributed by atoms with Crippen LogP contribution in [0.3, 0.4) is 0 Å². The van der Waals surface area contributed by atoms with Gasteiger partial charge in [-0.1, -0.05) is 72.8 Å². The smallest absolute Gasteiger partial charge is 0.256 e. The third-order valence-corrected chi connectivity index (χ3v) is 7.87. The molecule has 4 amide bonds. The van der Waals surface area contributed by atoms with Gasteiger partial charge in [-0.3, -0.25) is 29.0 Å². The molecule has 42 heavy (non-hydrogen) atoms. The SMILES string of the molecule is CC(=O)N(c1ccccc1)C1c2ccccc2C(=O)N1CCN1C(=O)c2ccccc2C1N(C(C)=O)c1ccccc1. The van der Waals surface area contributed by atoms with Crippen molar-refractivity contribution in [1.29, 1.82) is 0 Å². The summed E-state index contributed by atoms with van der Waals surface area (Å²) in [6.45, 7) is 3.26. The molecule has 8 heteroatoms. The minimum Gasteiger partial charge on any atom is -0.312 e. The topological polar surface area (TPSA) is 81.2 Å². The van der Waals surface area contributed by atoms with E-state index in [9.17, 15) is 19.2 Å². The van der Waals surface area contributed by atoms with E-state index < -0.39 is 12.3 Å². The molecule has 8 nitrogen and oxygen atoms in total. The van der Waals surface area contributed by atoms with E-state index in [2.05, 4.69) is 0 Å². The number of nitrogens with zero attached hydrogens (tertiary/aromatic N) is 4. The third kappa shape index (κ3) is 4.51. The highest BCUT2D eigenvalue weighted by Crippen LogP contribution is 2.41. The molecular weight excluding hydrogens is 528 g/mol. The predicted octanol–water partition coefficient (Wildman–Crippen LogP) is 5.40. The molecule has 0 aromatic heterocycles. The molecule has 6 rings (SSSR count). The number of carbonyl (C=O) groups is 4. The zero-order valence-electron chi connectivity index (χ0n) is 23.4. The first-order chi connectivity index (χ1) is 20.4. The van der Waals surface area contributed by atoms with Crippen LogP contribution in [0.4, 0.5) is 11.4 Å². The van der Waals surface area contributed by atoms with E-state index in [0.717, 1.165) is 11.1 Å². The summed E-state index contributed by atoms with van der Waals surface area (Å²) in [5.74, 6) is -0.861. The quantitative estimate of drug-likeness (QED) is 0.304. The largest absolute Gasteiger partial charge is 0.312 e. The summed E-state index contributed by atoms with van der Waals surface area (Å²) in [5, 5.41) is 0. The number of amides is 4. The molecule has 2 heterocycles. The van der Waals surface area contributed by atoms with Crippen molar-refractivity contribution >= 4 is 35.0 Å². The van der Waals surface area contributed by atoms with Gasteiger partial charge in [0, 0.05) is 60.6 Å². The first kappa shape index (κ1) is 27.0. The predicted molar refractivity (Wildman–Crippen MR) is 160 cm³/mol. The summed E-state index contributed by atoms with van der Waals surface area (Å²) in [7, 11) is 0. The zero-order valence-corrected chi connectivity index (χ0v) is 23.4. The van der Waals surface area contributed by atoms with E-state index >= 15 is 0 Å². The number of fused-ring (bicyclic) bond motifs is 2. The summed E-state index contributed by atoms with van der Waals surface area (Å²) >= 11 is 0. The molecule has 0 radical (unpaired) electrons. The second kappa shape index (κ2) is 11.0. The van der Waals surface area contributed by atoms with Crippen molar-refractivity contribution in [3.8, 4) is 0 Å². The average Bonchev–Trinajstić information content (AvgIpc) is 3.43. The van der Waals surface area contributed by atoms with E-state index in [-0.39, 0.29) is 36.7 Å². The fourth-order valence-electron chi connectivity index (χ4n) is 6.09. The molecular formula is C34H30N4O4. The Kier molecular flexibility index (Phi) is 7.04. The summed E-state index contributed by atoms with van der Waals surface area (Å²) in [6, 6.07) is 33.1. The Bertz CT molecular complexity index is 1550. The number of carbonyl (C=O) groups excluding carboxylic acids is 4. The van der Waals surface area contributed by atoms with Crippen LogP contribution in [0.5, 0.6) is 0 Å². The van der Waals surface area contributed by atoms with Crippen LogP contribution in [0.25, 0.3) is 0 Å². The molecule has 0 N–H and O–H groups in total. The van der Waals surface area contributed by atoms with Gasteiger partial charge >= 0.3 is 0 Å². The Morgan fingerprint density at radius 1 is 0.548 bits per heavy atom. The number of anilines is 2. The van der Waals surface area contributed by atoms with Crippen LogP contribution in [0, 0.1) is 0 Å². The number of hydrogen-bond donors (Lipinski definition) is 0. The lowest BCUT2D eigenvalue weighted by Gasteiger charge is -2.38. The van der Waals surface area contributed by atoms with Gasteiger partial charge in [-0.15, -0.1) is 0 Å². The lowest BCUT2D eigenvalue weighted by molar-refractivity contribution is -0.118. The number of rotatable bonds is 7. The number of hydrogen-bond acceptors (Lipinski definition) is 4. The van der Waals surface area contributed by atoms with Gasteiger partial charge in [-0.25, -0.2) is 0 Å². The van der Waals surface area contributed by atoms with Crippen molar-refractivity contribution in [2.75, 3.05) is 22.9 Å².